The predicted molar refractivity (Wildman–Crippen MR) is 271 cm³/mol. The summed E-state index contributed by atoms with van der Waals surface area (Å²) in [6.45, 7) is 0. The zero-order chi connectivity index (χ0) is 42.4. The molecule has 0 unspecified atom stereocenters. The number of furan rings is 1. The van der Waals surface area contributed by atoms with Gasteiger partial charge in [0.05, 0.1) is 5.69 Å². The Kier molecular flexibility index (Phi) is 9.20. The van der Waals surface area contributed by atoms with Crippen LogP contribution in [0.25, 0.3) is 99.1 Å². The van der Waals surface area contributed by atoms with Gasteiger partial charge in [-0.3, -0.25) is 0 Å². The molecule has 1 aromatic heterocycles. The highest BCUT2D eigenvalue weighted by atomic mass is 16.3. The van der Waals surface area contributed by atoms with Gasteiger partial charge in [-0.05, 0) is 109 Å². The molecule has 0 amide bonds. The van der Waals surface area contributed by atoms with Gasteiger partial charge < -0.3 is 9.32 Å². The van der Waals surface area contributed by atoms with Crippen LogP contribution in [0.3, 0.4) is 0 Å². The molecule has 0 aliphatic heterocycles. The number of rotatable bonds is 8. The summed E-state index contributed by atoms with van der Waals surface area (Å²) in [6.07, 6.45) is 0. The summed E-state index contributed by atoms with van der Waals surface area (Å²) in [7, 11) is 0. The first-order valence-corrected chi connectivity index (χ1v) is 21.9. The number of para-hydroxylation sites is 3. The highest BCUT2D eigenvalue weighted by molar-refractivity contribution is 6.11. The molecule has 0 saturated heterocycles. The molecule has 0 bridgehead atoms. The lowest BCUT2D eigenvalue weighted by atomic mass is 9.95. The molecule has 0 fully saturated rings. The SMILES string of the molecule is c1cc(-c2cccc(N(c3ccc(-c4ccc(-c5cccc6ccccc56)cc4)cc3)c3ccccc3-c3cccc4c3oc3ccccc34)c2)cc(-c2cccc3ccccc23)c1. The molecule has 1 heterocycles. The Morgan fingerprint density at radius 3 is 1.50 bits per heavy atom. The van der Waals surface area contributed by atoms with Crippen molar-refractivity contribution in [3.63, 3.8) is 0 Å². The fourth-order valence-electron chi connectivity index (χ4n) is 9.57. The Morgan fingerprint density at radius 1 is 0.266 bits per heavy atom. The molecule has 2 nitrogen and oxygen atoms in total. The average Bonchev–Trinajstić information content (AvgIpc) is 3.76. The average molecular weight is 816 g/mol. The Labute approximate surface area is 372 Å². The molecule has 0 spiro atoms. The largest absolute Gasteiger partial charge is 0.455 e. The van der Waals surface area contributed by atoms with Crippen LogP contribution in [0.2, 0.25) is 0 Å². The van der Waals surface area contributed by atoms with Gasteiger partial charge in [-0.25, -0.2) is 0 Å². The van der Waals surface area contributed by atoms with Crippen molar-refractivity contribution in [3.8, 4) is 55.6 Å². The van der Waals surface area contributed by atoms with Gasteiger partial charge >= 0.3 is 0 Å². The fourth-order valence-corrected chi connectivity index (χ4v) is 9.57. The fraction of sp³-hybridized carbons (Fsp3) is 0. The van der Waals surface area contributed by atoms with Crippen LogP contribution in [0.4, 0.5) is 17.1 Å². The monoisotopic (exact) mass is 815 g/mol. The van der Waals surface area contributed by atoms with E-state index in [4.69, 9.17) is 4.42 Å². The third-order valence-corrected chi connectivity index (χ3v) is 12.7. The lowest BCUT2D eigenvalue weighted by Crippen LogP contribution is -2.11. The van der Waals surface area contributed by atoms with Gasteiger partial charge in [-0.15, -0.1) is 0 Å². The standard InChI is InChI=1S/C62H41NO/c1-3-22-52-44(14-1)16-11-26-54(52)46-34-32-42(33-35-46)43-36-38-50(39-37-43)63(60-30-7-5-24-56(60)58-28-13-29-59-57-25-6-8-31-61(57)64-62(58)59)51-21-10-19-48(41-51)47-18-9-20-49(40-47)55-27-12-17-45-15-2-4-23-53(45)55/h1-41H. The number of fused-ring (bicyclic) bond motifs is 5. The van der Waals surface area contributed by atoms with Gasteiger partial charge in [-0.1, -0.05) is 206 Å². The Morgan fingerprint density at radius 2 is 0.750 bits per heavy atom. The van der Waals surface area contributed by atoms with Crippen molar-refractivity contribution in [3.05, 3.63) is 249 Å². The highest BCUT2D eigenvalue weighted by Crippen LogP contribution is 2.45. The molecule has 11 aromatic carbocycles. The summed E-state index contributed by atoms with van der Waals surface area (Å²) in [4.78, 5) is 2.39. The zero-order valence-corrected chi connectivity index (χ0v) is 35.0. The molecule has 12 aromatic rings. The van der Waals surface area contributed by atoms with Crippen LogP contribution in [-0.4, -0.2) is 0 Å². The first-order valence-electron chi connectivity index (χ1n) is 21.9. The number of hydrogen-bond acceptors (Lipinski definition) is 2. The molecular formula is C62H41NO. The van der Waals surface area contributed by atoms with E-state index in [-0.39, 0.29) is 0 Å². The lowest BCUT2D eigenvalue weighted by molar-refractivity contribution is 0.670. The summed E-state index contributed by atoms with van der Waals surface area (Å²) >= 11 is 0. The zero-order valence-electron chi connectivity index (χ0n) is 35.0. The van der Waals surface area contributed by atoms with Gasteiger partial charge in [0, 0.05) is 33.3 Å². The molecule has 0 saturated carbocycles. The first kappa shape index (κ1) is 37.3. The Balaban J connectivity index is 0.971. The third kappa shape index (κ3) is 6.61. The first-order chi connectivity index (χ1) is 31.7. The summed E-state index contributed by atoms with van der Waals surface area (Å²) in [5, 5.41) is 7.23. The van der Waals surface area contributed by atoms with Crippen LogP contribution in [0.1, 0.15) is 0 Å². The maximum Gasteiger partial charge on any atom is 0.143 e. The van der Waals surface area contributed by atoms with E-state index in [1.807, 2.05) is 6.07 Å². The maximum absolute atomic E-state index is 6.64. The second kappa shape index (κ2) is 15.8. The second-order valence-corrected chi connectivity index (χ2v) is 16.4. The van der Waals surface area contributed by atoms with Gasteiger partial charge in [0.1, 0.15) is 11.2 Å². The van der Waals surface area contributed by atoms with E-state index in [9.17, 15) is 0 Å². The minimum absolute atomic E-state index is 0.886. The van der Waals surface area contributed by atoms with Gasteiger partial charge in [0.15, 0.2) is 0 Å². The van der Waals surface area contributed by atoms with Crippen molar-refractivity contribution in [2.45, 2.75) is 0 Å². The molecule has 0 radical (unpaired) electrons. The molecule has 300 valence electrons. The van der Waals surface area contributed by atoms with Crippen LogP contribution in [0, 0.1) is 0 Å². The van der Waals surface area contributed by atoms with Crippen molar-refractivity contribution in [2.24, 2.45) is 0 Å². The van der Waals surface area contributed by atoms with Crippen molar-refractivity contribution < 1.29 is 4.42 Å². The van der Waals surface area contributed by atoms with Crippen LogP contribution in [-0.2, 0) is 0 Å². The third-order valence-electron chi connectivity index (χ3n) is 12.7. The number of hydrogen-bond donors (Lipinski definition) is 0. The number of anilines is 3. The van der Waals surface area contributed by atoms with E-state index in [0.29, 0.717) is 0 Å². The van der Waals surface area contributed by atoms with Crippen LogP contribution in [0.5, 0.6) is 0 Å². The predicted octanol–water partition coefficient (Wildman–Crippen LogP) is 17.7. The Bertz CT molecular complexity index is 3660. The van der Waals surface area contributed by atoms with Crippen LogP contribution in [0.15, 0.2) is 253 Å². The Hall–Kier alpha value is -8.46. The highest BCUT2D eigenvalue weighted by Gasteiger charge is 2.21. The van der Waals surface area contributed by atoms with Gasteiger partial charge in [-0.2, -0.15) is 0 Å². The summed E-state index contributed by atoms with van der Waals surface area (Å²) in [6, 6.07) is 89.6. The molecular weight excluding hydrogens is 775 g/mol. The summed E-state index contributed by atoms with van der Waals surface area (Å²) < 4.78 is 6.64. The molecule has 2 heteroatoms. The normalized spacial score (nSPS) is 11.4. The lowest BCUT2D eigenvalue weighted by Gasteiger charge is -2.28. The van der Waals surface area contributed by atoms with E-state index in [1.54, 1.807) is 0 Å². The molecule has 0 aliphatic rings. The smallest absolute Gasteiger partial charge is 0.143 e. The van der Waals surface area contributed by atoms with Gasteiger partial charge in [0.2, 0.25) is 0 Å². The molecule has 0 N–H and O–H groups in total. The topological polar surface area (TPSA) is 16.4 Å². The molecule has 64 heavy (non-hydrogen) atoms. The minimum Gasteiger partial charge on any atom is -0.455 e. The van der Waals surface area contributed by atoms with Crippen LogP contribution < -0.4 is 4.90 Å². The molecule has 0 aliphatic carbocycles. The quantitative estimate of drug-likeness (QED) is 0.152. The van der Waals surface area contributed by atoms with E-state index >= 15 is 0 Å². The second-order valence-electron chi connectivity index (χ2n) is 16.4. The van der Waals surface area contributed by atoms with E-state index in [0.717, 1.165) is 66.8 Å². The van der Waals surface area contributed by atoms with Crippen molar-refractivity contribution >= 4 is 60.5 Å². The number of benzene rings is 11. The minimum atomic E-state index is 0.886. The van der Waals surface area contributed by atoms with Crippen LogP contribution >= 0.6 is 0 Å². The summed E-state index contributed by atoms with van der Waals surface area (Å²) in [5.41, 5.74) is 16.6. The van der Waals surface area contributed by atoms with Crippen molar-refractivity contribution in [2.75, 3.05) is 4.90 Å². The molecule has 0 atom stereocenters. The molecule has 12 rings (SSSR count). The summed E-state index contributed by atoms with van der Waals surface area (Å²) in [5.74, 6) is 0. The van der Waals surface area contributed by atoms with Gasteiger partial charge in [0.25, 0.3) is 0 Å². The van der Waals surface area contributed by atoms with Crippen molar-refractivity contribution in [1.29, 1.82) is 0 Å². The van der Waals surface area contributed by atoms with E-state index in [2.05, 4.69) is 248 Å². The van der Waals surface area contributed by atoms with E-state index in [1.165, 1.54) is 49.4 Å². The van der Waals surface area contributed by atoms with E-state index < -0.39 is 0 Å². The maximum atomic E-state index is 6.64. The number of nitrogens with zero attached hydrogens (tertiary/aromatic N) is 1. The van der Waals surface area contributed by atoms with Crippen molar-refractivity contribution in [1.82, 2.24) is 0 Å².